The number of hydrogen-bond donors (Lipinski definition) is 3. The molecule has 1 aromatic rings. The van der Waals surface area contributed by atoms with Crippen LogP contribution in [0, 0.1) is 0 Å². The van der Waals surface area contributed by atoms with Crippen molar-refractivity contribution in [2.45, 2.75) is 31.7 Å². The summed E-state index contributed by atoms with van der Waals surface area (Å²) in [6.45, 7) is 2.51. The minimum Gasteiger partial charge on any atom is -0.368 e. The van der Waals surface area contributed by atoms with Gasteiger partial charge in [-0.25, -0.2) is 0 Å². The van der Waals surface area contributed by atoms with Gasteiger partial charge < -0.3 is 21.3 Å². The zero-order valence-corrected chi connectivity index (χ0v) is 11.3. The molecule has 0 spiro atoms. The Balaban J connectivity index is 1.70. The minimum absolute atomic E-state index is 0.0935. The van der Waals surface area contributed by atoms with Gasteiger partial charge in [0.25, 0.3) is 0 Å². The maximum Gasteiger partial charge on any atom is 0.231 e. The number of carbonyl (C=O) groups excluding carboxylic acids is 1. The van der Waals surface area contributed by atoms with E-state index in [0.29, 0.717) is 24.9 Å². The van der Waals surface area contributed by atoms with E-state index in [1.54, 1.807) is 0 Å². The predicted octanol–water partition coefficient (Wildman–Crippen LogP) is -0.255. The summed E-state index contributed by atoms with van der Waals surface area (Å²) in [6.07, 6.45) is 3.61. The van der Waals surface area contributed by atoms with Gasteiger partial charge in [-0.05, 0) is 19.3 Å². The number of nitrogen functional groups attached to an aromatic ring is 1. The van der Waals surface area contributed by atoms with Gasteiger partial charge in [0.2, 0.25) is 23.8 Å². The van der Waals surface area contributed by atoms with E-state index in [4.69, 9.17) is 5.73 Å². The molecule has 2 aliphatic rings. The van der Waals surface area contributed by atoms with E-state index >= 15 is 0 Å². The molecule has 108 valence electrons. The number of nitrogens with two attached hydrogens (primary N) is 1. The van der Waals surface area contributed by atoms with Gasteiger partial charge in [0.15, 0.2) is 0 Å². The molecule has 2 saturated heterocycles. The fraction of sp³-hybridized carbons (Fsp3) is 0.667. The van der Waals surface area contributed by atoms with Crippen molar-refractivity contribution in [3.8, 4) is 0 Å². The summed E-state index contributed by atoms with van der Waals surface area (Å²) >= 11 is 0. The molecule has 8 heteroatoms. The SMILES string of the molecule is Nc1nc(NC2CCC(=O)NC2)nc(N2CCCC2)n1. The molecule has 0 saturated carbocycles. The van der Waals surface area contributed by atoms with Crippen LogP contribution >= 0.6 is 0 Å². The highest BCUT2D eigenvalue weighted by molar-refractivity contribution is 5.76. The highest BCUT2D eigenvalue weighted by Gasteiger charge is 2.20. The number of nitrogens with one attached hydrogen (secondary N) is 2. The fourth-order valence-electron chi connectivity index (χ4n) is 2.54. The summed E-state index contributed by atoms with van der Waals surface area (Å²) in [6, 6.07) is 0.140. The molecular formula is C12H19N7O. The summed E-state index contributed by atoms with van der Waals surface area (Å²) in [5, 5.41) is 6.04. The third-order valence-electron chi connectivity index (χ3n) is 3.63. The van der Waals surface area contributed by atoms with Crippen molar-refractivity contribution in [3.63, 3.8) is 0 Å². The summed E-state index contributed by atoms with van der Waals surface area (Å²) in [5.41, 5.74) is 5.76. The molecule has 20 heavy (non-hydrogen) atoms. The minimum atomic E-state index is 0.0935. The van der Waals surface area contributed by atoms with Crippen LogP contribution in [0.25, 0.3) is 0 Å². The van der Waals surface area contributed by atoms with Crippen molar-refractivity contribution >= 4 is 23.8 Å². The molecule has 1 atom stereocenters. The molecule has 0 aromatic carbocycles. The Bertz CT molecular complexity index is 491. The Kier molecular flexibility index (Phi) is 3.53. The Hall–Kier alpha value is -2.12. The predicted molar refractivity (Wildman–Crippen MR) is 75.3 cm³/mol. The smallest absolute Gasteiger partial charge is 0.231 e. The average molecular weight is 277 g/mol. The molecule has 2 aliphatic heterocycles. The summed E-state index contributed by atoms with van der Waals surface area (Å²) in [4.78, 5) is 26.0. The van der Waals surface area contributed by atoms with Crippen LogP contribution in [0.5, 0.6) is 0 Å². The quantitative estimate of drug-likeness (QED) is 0.698. The lowest BCUT2D eigenvalue weighted by molar-refractivity contribution is -0.122. The fourth-order valence-corrected chi connectivity index (χ4v) is 2.54. The van der Waals surface area contributed by atoms with E-state index in [-0.39, 0.29) is 17.9 Å². The van der Waals surface area contributed by atoms with Crippen molar-refractivity contribution in [2.75, 3.05) is 35.6 Å². The lowest BCUT2D eigenvalue weighted by atomic mass is 10.1. The van der Waals surface area contributed by atoms with Crippen LogP contribution in [0.1, 0.15) is 25.7 Å². The first-order valence-corrected chi connectivity index (χ1v) is 7.00. The van der Waals surface area contributed by atoms with E-state index in [1.165, 1.54) is 0 Å². The zero-order chi connectivity index (χ0) is 13.9. The van der Waals surface area contributed by atoms with Crippen LogP contribution in [0.2, 0.25) is 0 Å². The number of anilines is 3. The van der Waals surface area contributed by atoms with Gasteiger partial charge in [-0.2, -0.15) is 15.0 Å². The average Bonchev–Trinajstić information content (AvgIpc) is 2.95. The third kappa shape index (κ3) is 2.89. The van der Waals surface area contributed by atoms with Crippen molar-refractivity contribution in [1.82, 2.24) is 20.3 Å². The Morgan fingerprint density at radius 2 is 2.05 bits per heavy atom. The molecule has 4 N–H and O–H groups in total. The van der Waals surface area contributed by atoms with Crippen LogP contribution in [0.4, 0.5) is 17.8 Å². The Morgan fingerprint density at radius 3 is 2.75 bits per heavy atom. The van der Waals surface area contributed by atoms with Gasteiger partial charge in [0.1, 0.15) is 0 Å². The molecule has 1 aromatic heterocycles. The molecule has 3 rings (SSSR count). The van der Waals surface area contributed by atoms with Crippen LogP contribution in [0.15, 0.2) is 0 Å². The lowest BCUT2D eigenvalue weighted by Gasteiger charge is -2.24. The van der Waals surface area contributed by atoms with Gasteiger partial charge in [0, 0.05) is 32.1 Å². The maximum atomic E-state index is 11.1. The first kappa shape index (κ1) is 12.9. The van der Waals surface area contributed by atoms with Crippen LogP contribution in [-0.2, 0) is 4.79 Å². The highest BCUT2D eigenvalue weighted by Crippen LogP contribution is 2.18. The number of amides is 1. The maximum absolute atomic E-state index is 11.1. The zero-order valence-electron chi connectivity index (χ0n) is 11.3. The van der Waals surface area contributed by atoms with E-state index in [0.717, 1.165) is 32.4 Å². The van der Waals surface area contributed by atoms with Crippen molar-refractivity contribution in [1.29, 1.82) is 0 Å². The summed E-state index contributed by atoms with van der Waals surface area (Å²) in [7, 11) is 0. The molecule has 0 aliphatic carbocycles. The van der Waals surface area contributed by atoms with Gasteiger partial charge in [-0.15, -0.1) is 0 Å². The van der Waals surface area contributed by atoms with Crippen molar-refractivity contribution < 1.29 is 4.79 Å². The number of hydrogen-bond acceptors (Lipinski definition) is 7. The Morgan fingerprint density at radius 1 is 1.25 bits per heavy atom. The van der Waals surface area contributed by atoms with Crippen LogP contribution < -0.4 is 21.3 Å². The van der Waals surface area contributed by atoms with Gasteiger partial charge in [-0.3, -0.25) is 4.79 Å². The molecule has 3 heterocycles. The standard InChI is InChI=1S/C12H19N7O/c13-10-16-11(15-8-3-4-9(20)14-7-8)18-12(17-10)19-5-1-2-6-19/h8H,1-7H2,(H,14,20)(H3,13,15,16,17,18). The van der Waals surface area contributed by atoms with Gasteiger partial charge in [-0.1, -0.05) is 0 Å². The van der Waals surface area contributed by atoms with Gasteiger partial charge >= 0.3 is 0 Å². The number of nitrogens with zero attached hydrogens (tertiary/aromatic N) is 4. The molecular weight excluding hydrogens is 258 g/mol. The van der Waals surface area contributed by atoms with E-state index in [1.807, 2.05) is 0 Å². The van der Waals surface area contributed by atoms with Crippen LogP contribution in [-0.4, -0.2) is 46.5 Å². The number of aromatic nitrogens is 3. The summed E-state index contributed by atoms with van der Waals surface area (Å²) < 4.78 is 0. The first-order valence-electron chi connectivity index (χ1n) is 7.00. The summed E-state index contributed by atoms with van der Waals surface area (Å²) in [5.74, 6) is 1.44. The second-order valence-corrected chi connectivity index (χ2v) is 5.20. The number of rotatable bonds is 3. The normalized spacial score (nSPS) is 22.7. The van der Waals surface area contributed by atoms with Crippen LogP contribution in [0.3, 0.4) is 0 Å². The topological polar surface area (TPSA) is 109 Å². The molecule has 0 radical (unpaired) electrons. The first-order chi connectivity index (χ1) is 9.70. The van der Waals surface area contributed by atoms with Crippen molar-refractivity contribution in [2.24, 2.45) is 0 Å². The molecule has 8 nitrogen and oxygen atoms in total. The third-order valence-corrected chi connectivity index (χ3v) is 3.63. The number of carbonyl (C=O) groups is 1. The van der Waals surface area contributed by atoms with Crippen molar-refractivity contribution in [3.05, 3.63) is 0 Å². The largest absolute Gasteiger partial charge is 0.368 e. The monoisotopic (exact) mass is 277 g/mol. The molecule has 0 bridgehead atoms. The molecule has 2 fully saturated rings. The molecule has 1 unspecified atom stereocenters. The molecule has 1 amide bonds. The van der Waals surface area contributed by atoms with E-state index in [2.05, 4.69) is 30.5 Å². The number of piperidine rings is 1. The highest BCUT2D eigenvalue weighted by atomic mass is 16.1. The lowest BCUT2D eigenvalue weighted by Crippen LogP contribution is -2.42. The Labute approximate surface area is 117 Å². The van der Waals surface area contributed by atoms with E-state index in [9.17, 15) is 4.79 Å². The van der Waals surface area contributed by atoms with E-state index < -0.39 is 0 Å². The second kappa shape index (κ2) is 5.48. The van der Waals surface area contributed by atoms with Gasteiger partial charge in [0.05, 0.1) is 0 Å². The second-order valence-electron chi connectivity index (χ2n) is 5.20.